The fourth-order valence-electron chi connectivity index (χ4n) is 2.46. The standard InChI is InChI=1S/C15H23NO2S8Si/c1-5-12(27(4,17-2)18-3)10-11-19-22-24-26-25-23-21-15-16-13-8-6-7-9-14(13)20-15/h6-9,12H,5,10-11H2,1-4H3. The first-order chi connectivity index (χ1) is 13.1. The van der Waals surface area contributed by atoms with Crippen LogP contribution in [-0.2, 0) is 8.85 Å². The molecule has 2 aromatic rings. The summed E-state index contributed by atoms with van der Waals surface area (Å²) >= 11 is 1.76. The Labute approximate surface area is 193 Å². The van der Waals surface area contributed by atoms with Gasteiger partial charge in [0.2, 0.25) is 0 Å². The molecule has 0 aliphatic rings. The number of hydrogen-bond acceptors (Lipinski definition) is 11. The Morgan fingerprint density at radius 3 is 2.48 bits per heavy atom. The third-order valence-electron chi connectivity index (χ3n) is 4.13. The Bertz CT molecular complexity index is 639. The second-order valence-electron chi connectivity index (χ2n) is 5.51. The molecule has 12 heteroatoms. The van der Waals surface area contributed by atoms with Crippen molar-refractivity contribution in [2.75, 3.05) is 20.0 Å². The average Bonchev–Trinajstić information content (AvgIpc) is 3.11. The Balaban J connectivity index is 1.52. The summed E-state index contributed by atoms with van der Waals surface area (Å²) in [6.45, 7) is 4.40. The van der Waals surface area contributed by atoms with E-state index >= 15 is 0 Å². The molecule has 1 heterocycles. The van der Waals surface area contributed by atoms with Crippen LogP contribution in [0.5, 0.6) is 0 Å². The quantitative estimate of drug-likeness (QED) is 0.133. The minimum atomic E-state index is -2.01. The molecular weight excluding hydrogens is 511 g/mol. The molecule has 0 radical (unpaired) electrons. The topological polar surface area (TPSA) is 31.4 Å². The van der Waals surface area contributed by atoms with Gasteiger partial charge < -0.3 is 8.85 Å². The number of aromatic nitrogens is 1. The second kappa shape index (κ2) is 13.9. The minimum Gasteiger partial charge on any atom is -0.398 e. The number of thiazole rings is 1. The van der Waals surface area contributed by atoms with Crippen molar-refractivity contribution in [3.05, 3.63) is 24.3 Å². The van der Waals surface area contributed by atoms with E-state index < -0.39 is 8.56 Å². The van der Waals surface area contributed by atoms with Crippen LogP contribution in [0, 0.1) is 0 Å². The lowest BCUT2D eigenvalue weighted by Crippen LogP contribution is -2.41. The molecule has 1 aromatic carbocycles. The lowest BCUT2D eigenvalue weighted by Gasteiger charge is -2.31. The van der Waals surface area contributed by atoms with Crippen molar-refractivity contribution in [1.82, 2.24) is 4.98 Å². The van der Waals surface area contributed by atoms with Gasteiger partial charge in [0.15, 0.2) is 4.34 Å². The molecule has 152 valence electrons. The predicted molar refractivity (Wildman–Crippen MR) is 140 cm³/mol. The molecule has 0 bridgehead atoms. The molecule has 1 atom stereocenters. The highest BCUT2D eigenvalue weighted by Gasteiger charge is 2.37. The maximum Gasteiger partial charge on any atom is 0.337 e. The van der Waals surface area contributed by atoms with Crippen molar-refractivity contribution >= 4 is 101 Å². The van der Waals surface area contributed by atoms with E-state index in [4.69, 9.17) is 8.85 Å². The fourth-order valence-corrected chi connectivity index (χ4v) is 20.5. The normalized spacial score (nSPS) is 13.3. The van der Waals surface area contributed by atoms with Crippen LogP contribution in [0.4, 0.5) is 0 Å². The summed E-state index contributed by atoms with van der Waals surface area (Å²) in [4.78, 5) is 4.63. The number of nitrogens with zero attached hydrogens (tertiary/aromatic N) is 1. The third-order valence-corrected chi connectivity index (χ3v) is 22.2. The Kier molecular flexibility index (Phi) is 12.8. The van der Waals surface area contributed by atoms with Crippen molar-refractivity contribution in [2.45, 2.75) is 36.2 Å². The second-order valence-corrected chi connectivity index (χ2v) is 21.7. The first-order valence-corrected chi connectivity index (χ1v) is 20.4. The van der Waals surface area contributed by atoms with Crippen LogP contribution in [0.1, 0.15) is 19.8 Å². The molecule has 0 aliphatic heterocycles. The predicted octanol–water partition coefficient (Wildman–Crippen LogP) is 8.81. The highest BCUT2D eigenvalue weighted by atomic mass is 33.9. The van der Waals surface area contributed by atoms with Crippen LogP contribution in [0.25, 0.3) is 10.2 Å². The van der Waals surface area contributed by atoms with E-state index in [1.807, 2.05) is 46.3 Å². The molecule has 1 unspecified atom stereocenters. The molecule has 27 heavy (non-hydrogen) atoms. The summed E-state index contributed by atoms with van der Waals surface area (Å²) in [6, 6.07) is 8.30. The monoisotopic (exact) mass is 533 g/mol. The summed E-state index contributed by atoms with van der Waals surface area (Å²) in [5.41, 5.74) is 1.64. The lowest BCUT2D eigenvalue weighted by molar-refractivity contribution is 0.233. The smallest absolute Gasteiger partial charge is 0.337 e. The minimum absolute atomic E-state index is 0.549. The van der Waals surface area contributed by atoms with Crippen LogP contribution in [0.2, 0.25) is 12.1 Å². The van der Waals surface area contributed by atoms with E-state index in [0.717, 1.165) is 28.5 Å². The Morgan fingerprint density at radius 2 is 1.78 bits per heavy atom. The van der Waals surface area contributed by atoms with Gasteiger partial charge in [0.05, 0.1) is 10.2 Å². The molecule has 0 spiro atoms. The molecule has 0 N–H and O–H groups in total. The van der Waals surface area contributed by atoms with Gasteiger partial charge in [-0.2, -0.15) is 0 Å². The molecule has 0 aliphatic carbocycles. The molecule has 3 nitrogen and oxygen atoms in total. The van der Waals surface area contributed by atoms with E-state index in [1.165, 1.54) is 4.70 Å². The zero-order valence-electron chi connectivity index (χ0n) is 15.5. The molecule has 2 rings (SSSR count). The van der Waals surface area contributed by atoms with Crippen molar-refractivity contribution in [3.8, 4) is 0 Å². The van der Waals surface area contributed by atoms with Crippen LogP contribution < -0.4 is 0 Å². The van der Waals surface area contributed by atoms with E-state index in [9.17, 15) is 0 Å². The molecular formula is C15H23NO2S8Si. The van der Waals surface area contributed by atoms with Crippen molar-refractivity contribution < 1.29 is 8.85 Å². The van der Waals surface area contributed by atoms with Crippen LogP contribution >= 0.6 is 82.1 Å². The van der Waals surface area contributed by atoms with Crippen LogP contribution in [0.3, 0.4) is 0 Å². The lowest BCUT2D eigenvalue weighted by atomic mass is 10.3. The van der Waals surface area contributed by atoms with Crippen molar-refractivity contribution in [2.24, 2.45) is 0 Å². The van der Waals surface area contributed by atoms with Gasteiger partial charge in [-0.1, -0.05) is 36.3 Å². The number of benzene rings is 1. The molecule has 0 fully saturated rings. The summed E-state index contributed by atoms with van der Waals surface area (Å²) in [7, 11) is 14.3. The first kappa shape index (κ1) is 25.0. The number of para-hydroxylation sites is 1. The van der Waals surface area contributed by atoms with E-state index in [2.05, 4.69) is 36.7 Å². The number of fused-ring (bicyclic) bond motifs is 1. The molecule has 0 saturated carbocycles. The van der Waals surface area contributed by atoms with Gasteiger partial charge in [0, 0.05) is 25.5 Å². The molecule has 0 amide bonds. The van der Waals surface area contributed by atoms with Crippen LogP contribution in [0.15, 0.2) is 28.6 Å². The van der Waals surface area contributed by atoms with Gasteiger partial charge in [-0.15, -0.1) is 11.3 Å². The van der Waals surface area contributed by atoms with Gasteiger partial charge in [-0.25, -0.2) is 4.98 Å². The molecule has 0 saturated heterocycles. The maximum atomic E-state index is 5.70. The Morgan fingerprint density at radius 1 is 1.07 bits per heavy atom. The summed E-state index contributed by atoms with van der Waals surface area (Å²) in [6.07, 6.45) is 2.27. The zero-order valence-corrected chi connectivity index (χ0v) is 23.1. The van der Waals surface area contributed by atoms with Crippen molar-refractivity contribution in [3.63, 3.8) is 0 Å². The summed E-state index contributed by atoms with van der Waals surface area (Å²) < 4.78 is 13.8. The fraction of sp³-hybridized carbons (Fsp3) is 0.533. The number of hydrogen-bond donors (Lipinski definition) is 0. The summed E-state index contributed by atoms with van der Waals surface area (Å²) in [5, 5.41) is 0. The largest absolute Gasteiger partial charge is 0.398 e. The Hall–Kier alpha value is 1.70. The average molecular weight is 534 g/mol. The highest BCUT2D eigenvalue weighted by molar-refractivity contribution is 9.46. The maximum absolute atomic E-state index is 5.70. The van der Waals surface area contributed by atoms with E-state index in [1.54, 1.807) is 56.0 Å². The molecule has 1 aromatic heterocycles. The van der Waals surface area contributed by atoms with E-state index in [-0.39, 0.29) is 0 Å². The van der Waals surface area contributed by atoms with Crippen molar-refractivity contribution in [1.29, 1.82) is 0 Å². The van der Waals surface area contributed by atoms with Gasteiger partial charge in [-0.3, -0.25) is 0 Å². The van der Waals surface area contributed by atoms with Crippen LogP contribution in [-0.4, -0.2) is 33.5 Å². The summed E-state index contributed by atoms with van der Waals surface area (Å²) in [5.74, 6) is 1.13. The van der Waals surface area contributed by atoms with Gasteiger partial charge >= 0.3 is 8.56 Å². The zero-order chi connectivity index (χ0) is 19.5. The third kappa shape index (κ3) is 8.39. The number of rotatable bonds is 14. The van der Waals surface area contributed by atoms with Gasteiger partial charge in [-0.05, 0) is 85.0 Å². The highest BCUT2D eigenvalue weighted by Crippen LogP contribution is 2.56. The first-order valence-electron chi connectivity index (χ1n) is 8.21. The SMILES string of the molecule is CCC(CCSSSSSSSc1nc2ccccc2s1)[Si](C)(OC)OC. The van der Waals surface area contributed by atoms with Gasteiger partial charge in [0.1, 0.15) is 0 Å². The van der Waals surface area contributed by atoms with E-state index in [0.29, 0.717) is 5.54 Å². The van der Waals surface area contributed by atoms with Gasteiger partial charge in [0.25, 0.3) is 0 Å².